The lowest BCUT2D eigenvalue weighted by Crippen LogP contribution is -2.25. The van der Waals surface area contributed by atoms with Gasteiger partial charge >= 0.3 is 0 Å². The lowest BCUT2D eigenvalue weighted by Gasteiger charge is -2.09. The van der Waals surface area contributed by atoms with Gasteiger partial charge in [-0.25, -0.2) is 0 Å². The number of carbonyl (C=O) groups excluding carboxylic acids is 1. The number of aromatic nitrogens is 1. The van der Waals surface area contributed by atoms with Crippen LogP contribution >= 0.6 is 11.6 Å². The molecule has 0 aliphatic carbocycles. The zero-order valence-corrected chi connectivity index (χ0v) is 9.15. The van der Waals surface area contributed by atoms with E-state index in [1.165, 1.54) is 6.07 Å². The molecule has 0 bridgehead atoms. The lowest BCUT2D eigenvalue weighted by molar-refractivity contribution is -0.255. The summed E-state index contributed by atoms with van der Waals surface area (Å²) in [6.07, 6.45) is 1.71. The fraction of sp³-hybridized carbons (Fsp3) is 0.0833. The predicted molar refractivity (Wildman–Crippen MR) is 59.3 cm³/mol. The van der Waals surface area contributed by atoms with Crippen LogP contribution in [-0.2, 0) is 6.54 Å². The van der Waals surface area contributed by atoms with Gasteiger partial charge in [0.05, 0.1) is 11.7 Å². The van der Waals surface area contributed by atoms with Crippen molar-refractivity contribution in [2.75, 3.05) is 0 Å². The molecule has 1 aromatic carbocycles. The van der Waals surface area contributed by atoms with E-state index in [9.17, 15) is 9.90 Å². The Bertz CT molecular complexity index is 502. The largest absolute Gasteiger partial charge is 0.543 e. The Balaban J connectivity index is 2.23. The van der Waals surface area contributed by atoms with Gasteiger partial charge in [-0.2, -0.15) is 0 Å². The van der Waals surface area contributed by atoms with Gasteiger partial charge in [-0.3, -0.25) is 0 Å². The molecule has 0 fully saturated rings. The number of hydrogen-bond donors (Lipinski definition) is 0. The van der Waals surface area contributed by atoms with Crippen molar-refractivity contribution < 1.29 is 9.90 Å². The molecule has 0 atom stereocenters. The molecule has 1 aromatic heterocycles. The van der Waals surface area contributed by atoms with Crippen molar-refractivity contribution in [3.8, 4) is 0 Å². The van der Waals surface area contributed by atoms with Gasteiger partial charge in [0.25, 0.3) is 0 Å². The summed E-state index contributed by atoms with van der Waals surface area (Å²) in [5.41, 5.74) is 1.16. The second kappa shape index (κ2) is 4.41. The average Bonchev–Trinajstić information content (AvgIpc) is 2.69. The number of carboxylic acid groups (broad SMARTS) is 1. The molecule has 82 valence electrons. The molecule has 2 aromatic rings. The number of aromatic carboxylic acids is 1. The Kier molecular flexibility index (Phi) is 2.97. The van der Waals surface area contributed by atoms with Crippen molar-refractivity contribution in [3.63, 3.8) is 0 Å². The molecule has 4 heteroatoms. The highest BCUT2D eigenvalue weighted by molar-refractivity contribution is 6.30. The number of carbonyl (C=O) groups is 1. The van der Waals surface area contributed by atoms with Crippen molar-refractivity contribution in [1.29, 1.82) is 0 Å². The highest BCUT2D eigenvalue weighted by atomic mass is 35.5. The molecule has 2 rings (SSSR count). The normalized spacial score (nSPS) is 10.3. The molecule has 1 heterocycles. The van der Waals surface area contributed by atoms with Gasteiger partial charge in [0, 0.05) is 17.8 Å². The Morgan fingerprint density at radius 2 is 1.94 bits per heavy atom. The van der Waals surface area contributed by atoms with Crippen LogP contribution in [0.1, 0.15) is 16.1 Å². The summed E-state index contributed by atoms with van der Waals surface area (Å²) in [5, 5.41) is 11.4. The second-order valence-corrected chi connectivity index (χ2v) is 3.87. The molecule has 0 aliphatic heterocycles. The molecular formula is C12H9ClNO2-. The Labute approximate surface area is 97.9 Å². The van der Waals surface area contributed by atoms with E-state index in [2.05, 4.69) is 0 Å². The van der Waals surface area contributed by atoms with Crippen LogP contribution in [0, 0.1) is 0 Å². The average molecular weight is 235 g/mol. The second-order valence-electron chi connectivity index (χ2n) is 3.44. The smallest absolute Gasteiger partial charge is 0.0880 e. The van der Waals surface area contributed by atoms with Gasteiger partial charge in [0.1, 0.15) is 0 Å². The standard InChI is InChI=1S/C12H10ClNO2/c13-10-5-3-9(4-6-10)8-14-7-1-2-11(14)12(15)16/h1-7H,8H2,(H,15,16)/p-1. The lowest BCUT2D eigenvalue weighted by atomic mass is 10.2. The van der Waals surface area contributed by atoms with Crippen LogP contribution in [0.15, 0.2) is 42.6 Å². The van der Waals surface area contributed by atoms with Crippen molar-refractivity contribution >= 4 is 17.6 Å². The van der Waals surface area contributed by atoms with Gasteiger partial charge in [-0.15, -0.1) is 0 Å². The van der Waals surface area contributed by atoms with Crippen LogP contribution in [-0.4, -0.2) is 10.5 Å². The summed E-state index contributed by atoms with van der Waals surface area (Å²) >= 11 is 5.76. The molecule has 16 heavy (non-hydrogen) atoms. The number of halogens is 1. The first kappa shape index (κ1) is 10.8. The summed E-state index contributed by atoms with van der Waals surface area (Å²) in [4.78, 5) is 10.8. The third-order valence-electron chi connectivity index (χ3n) is 2.30. The molecule has 0 saturated carbocycles. The highest BCUT2D eigenvalue weighted by Gasteiger charge is 2.02. The Morgan fingerprint density at radius 3 is 2.56 bits per heavy atom. The van der Waals surface area contributed by atoms with Gasteiger partial charge in [-0.1, -0.05) is 23.7 Å². The predicted octanol–water partition coefficient (Wildman–Crippen LogP) is 1.55. The first-order valence-corrected chi connectivity index (χ1v) is 5.15. The SMILES string of the molecule is O=C([O-])c1cccn1Cc1ccc(Cl)cc1. The molecule has 0 amide bonds. The van der Waals surface area contributed by atoms with Gasteiger partial charge < -0.3 is 14.5 Å². The van der Waals surface area contributed by atoms with Crippen LogP contribution in [0.3, 0.4) is 0 Å². The summed E-state index contributed by atoms with van der Waals surface area (Å²) in [5.74, 6) is -1.17. The van der Waals surface area contributed by atoms with Crippen molar-refractivity contribution in [3.05, 3.63) is 58.9 Å². The van der Waals surface area contributed by atoms with E-state index in [1.54, 1.807) is 29.0 Å². The fourth-order valence-corrected chi connectivity index (χ4v) is 1.65. The van der Waals surface area contributed by atoms with Crippen molar-refractivity contribution in [2.45, 2.75) is 6.54 Å². The maximum absolute atomic E-state index is 10.8. The molecule has 3 nitrogen and oxygen atoms in total. The fourth-order valence-electron chi connectivity index (χ4n) is 1.52. The first-order valence-electron chi connectivity index (χ1n) is 4.78. The maximum Gasteiger partial charge on any atom is 0.0880 e. The number of hydrogen-bond acceptors (Lipinski definition) is 2. The molecule has 0 N–H and O–H groups in total. The van der Waals surface area contributed by atoms with Crippen LogP contribution < -0.4 is 5.11 Å². The number of carboxylic acids is 1. The first-order chi connectivity index (χ1) is 7.66. The summed E-state index contributed by atoms with van der Waals surface area (Å²) in [6, 6.07) is 10.5. The minimum Gasteiger partial charge on any atom is -0.543 e. The monoisotopic (exact) mass is 234 g/mol. The number of nitrogens with zero attached hydrogens (tertiary/aromatic N) is 1. The molecule has 0 saturated heterocycles. The Morgan fingerprint density at radius 1 is 1.25 bits per heavy atom. The van der Waals surface area contributed by atoms with Crippen LogP contribution in [0.5, 0.6) is 0 Å². The van der Waals surface area contributed by atoms with E-state index >= 15 is 0 Å². The topological polar surface area (TPSA) is 45.1 Å². The molecule has 0 aliphatic rings. The quantitative estimate of drug-likeness (QED) is 0.809. The molecule has 0 radical (unpaired) electrons. The van der Waals surface area contributed by atoms with Gasteiger partial charge in [-0.05, 0) is 29.8 Å². The van der Waals surface area contributed by atoms with Crippen LogP contribution in [0.4, 0.5) is 0 Å². The van der Waals surface area contributed by atoms with Crippen molar-refractivity contribution in [2.24, 2.45) is 0 Å². The van der Waals surface area contributed by atoms with Gasteiger partial charge in [0.15, 0.2) is 0 Å². The summed E-state index contributed by atoms with van der Waals surface area (Å²) in [6.45, 7) is 0.494. The summed E-state index contributed by atoms with van der Waals surface area (Å²) in [7, 11) is 0. The number of rotatable bonds is 3. The zero-order valence-electron chi connectivity index (χ0n) is 8.39. The summed E-state index contributed by atoms with van der Waals surface area (Å²) < 4.78 is 1.62. The van der Waals surface area contributed by atoms with Crippen LogP contribution in [0.2, 0.25) is 5.02 Å². The Hall–Kier alpha value is -1.74. The molecule has 0 unspecified atom stereocenters. The third kappa shape index (κ3) is 2.25. The van der Waals surface area contributed by atoms with Gasteiger partial charge in [0.2, 0.25) is 0 Å². The van der Waals surface area contributed by atoms with E-state index in [4.69, 9.17) is 11.6 Å². The van der Waals surface area contributed by atoms with Crippen LogP contribution in [0.25, 0.3) is 0 Å². The maximum atomic E-state index is 10.8. The van der Waals surface area contributed by atoms with E-state index in [-0.39, 0.29) is 5.69 Å². The van der Waals surface area contributed by atoms with E-state index < -0.39 is 5.97 Å². The minimum absolute atomic E-state index is 0.176. The zero-order chi connectivity index (χ0) is 11.5. The van der Waals surface area contributed by atoms with Crippen molar-refractivity contribution in [1.82, 2.24) is 4.57 Å². The number of benzene rings is 1. The molecular weight excluding hydrogens is 226 g/mol. The highest BCUT2D eigenvalue weighted by Crippen LogP contribution is 2.12. The minimum atomic E-state index is -1.17. The third-order valence-corrected chi connectivity index (χ3v) is 2.56. The molecule has 0 spiro atoms. The van der Waals surface area contributed by atoms with E-state index in [0.29, 0.717) is 11.6 Å². The van der Waals surface area contributed by atoms with E-state index in [0.717, 1.165) is 5.56 Å². The van der Waals surface area contributed by atoms with E-state index in [1.807, 2.05) is 12.1 Å².